The third-order valence-corrected chi connectivity index (χ3v) is 4.96. The average molecular weight is 338 g/mol. The van der Waals surface area contributed by atoms with Crippen LogP contribution >= 0.6 is 0 Å². The summed E-state index contributed by atoms with van der Waals surface area (Å²) in [6.45, 7) is 0. The van der Waals surface area contributed by atoms with Gasteiger partial charge in [0, 0.05) is 18.2 Å². The van der Waals surface area contributed by atoms with Crippen molar-refractivity contribution in [3.63, 3.8) is 0 Å². The standard InChI is InChI=1S/C13H17F3N2O3S/c14-13(15,16)21-9-4-3-5-10(8-9)22(19,20)18-12-7-2-1-6-11(12)17/h3-5,8,11-12,18H,1-2,6-7,17H2/t11-,12-/m1/s1. The Morgan fingerprint density at radius 2 is 1.91 bits per heavy atom. The first-order valence-corrected chi connectivity index (χ1v) is 8.29. The molecule has 0 radical (unpaired) electrons. The highest BCUT2D eigenvalue weighted by Crippen LogP contribution is 2.25. The molecule has 0 bridgehead atoms. The molecule has 9 heteroatoms. The number of nitrogens with one attached hydrogen (secondary N) is 1. The van der Waals surface area contributed by atoms with Gasteiger partial charge in [0.15, 0.2) is 0 Å². The Labute approximate surface area is 126 Å². The van der Waals surface area contributed by atoms with E-state index in [1.54, 1.807) is 0 Å². The van der Waals surface area contributed by atoms with Crippen molar-refractivity contribution >= 4 is 10.0 Å². The number of halogens is 3. The first kappa shape index (κ1) is 17.0. The first-order valence-electron chi connectivity index (χ1n) is 6.81. The van der Waals surface area contributed by atoms with Crippen molar-refractivity contribution in [2.45, 2.75) is 49.0 Å². The topological polar surface area (TPSA) is 81.4 Å². The Bertz CT molecular complexity index is 619. The van der Waals surface area contributed by atoms with E-state index in [-0.39, 0.29) is 10.9 Å². The predicted octanol–water partition coefficient (Wildman–Crippen LogP) is 2.13. The van der Waals surface area contributed by atoms with Crippen molar-refractivity contribution in [3.05, 3.63) is 24.3 Å². The van der Waals surface area contributed by atoms with Crippen LogP contribution in [0.1, 0.15) is 25.7 Å². The lowest BCUT2D eigenvalue weighted by molar-refractivity contribution is -0.274. The van der Waals surface area contributed by atoms with Crippen molar-refractivity contribution < 1.29 is 26.3 Å². The number of alkyl halides is 3. The van der Waals surface area contributed by atoms with E-state index < -0.39 is 28.2 Å². The van der Waals surface area contributed by atoms with Gasteiger partial charge in [0.2, 0.25) is 10.0 Å². The fourth-order valence-corrected chi connectivity index (χ4v) is 3.77. The van der Waals surface area contributed by atoms with Gasteiger partial charge in [0.05, 0.1) is 4.90 Å². The number of nitrogens with two attached hydrogens (primary N) is 1. The fourth-order valence-electron chi connectivity index (χ4n) is 2.41. The second-order valence-electron chi connectivity index (χ2n) is 5.20. The fraction of sp³-hybridized carbons (Fsp3) is 0.538. The molecule has 2 atom stereocenters. The van der Waals surface area contributed by atoms with Gasteiger partial charge in [-0.1, -0.05) is 18.9 Å². The van der Waals surface area contributed by atoms with Crippen LogP contribution < -0.4 is 15.2 Å². The Morgan fingerprint density at radius 3 is 2.55 bits per heavy atom. The number of sulfonamides is 1. The van der Waals surface area contributed by atoms with Gasteiger partial charge in [-0.2, -0.15) is 0 Å². The van der Waals surface area contributed by atoms with Crippen LogP contribution in [0.4, 0.5) is 13.2 Å². The van der Waals surface area contributed by atoms with E-state index in [1.807, 2.05) is 0 Å². The van der Waals surface area contributed by atoms with E-state index in [4.69, 9.17) is 5.73 Å². The van der Waals surface area contributed by atoms with Crippen molar-refractivity contribution in [3.8, 4) is 5.75 Å². The minimum absolute atomic E-state index is 0.285. The molecule has 0 unspecified atom stereocenters. The molecule has 2 rings (SSSR count). The summed E-state index contributed by atoms with van der Waals surface area (Å²) in [7, 11) is -3.95. The molecule has 3 N–H and O–H groups in total. The number of rotatable bonds is 4. The zero-order chi connectivity index (χ0) is 16.4. The van der Waals surface area contributed by atoms with Gasteiger partial charge in [-0.25, -0.2) is 13.1 Å². The molecule has 1 aromatic carbocycles. The summed E-state index contributed by atoms with van der Waals surface area (Å²) in [4.78, 5) is -0.285. The lowest BCUT2D eigenvalue weighted by atomic mass is 9.92. The smallest absolute Gasteiger partial charge is 0.406 e. The van der Waals surface area contributed by atoms with Gasteiger partial charge in [0.25, 0.3) is 0 Å². The van der Waals surface area contributed by atoms with E-state index in [9.17, 15) is 21.6 Å². The Balaban J connectivity index is 2.16. The molecule has 124 valence electrons. The largest absolute Gasteiger partial charge is 0.573 e. The summed E-state index contributed by atoms with van der Waals surface area (Å²) >= 11 is 0. The molecule has 1 aliphatic rings. The summed E-state index contributed by atoms with van der Waals surface area (Å²) in [5.74, 6) is -0.580. The average Bonchev–Trinajstić information content (AvgIpc) is 2.40. The minimum Gasteiger partial charge on any atom is -0.406 e. The molecule has 0 aliphatic heterocycles. The second-order valence-corrected chi connectivity index (χ2v) is 6.91. The zero-order valence-corrected chi connectivity index (χ0v) is 12.5. The molecule has 0 saturated heterocycles. The second kappa shape index (κ2) is 6.43. The molecule has 1 fully saturated rings. The van der Waals surface area contributed by atoms with Crippen LogP contribution in [-0.2, 0) is 10.0 Å². The number of benzene rings is 1. The van der Waals surface area contributed by atoms with Crippen LogP contribution in [0.25, 0.3) is 0 Å². The normalized spacial score (nSPS) is 23.3. The quantitative estimate of drug-likeness (QED) is 0.881. The molecular weight excluding hydrogens is 321 g/mol. The van der Waals surface area contributed by atoms with Crippen molar-refractivity contribution in [1.82, 2.24) is 4.72 Å². The monoisotopic (exact) mass is 338 g/mol. The maximum atomic E-state index is 12.3. The van der Waals surface area contributed by atoms with Gasteiger partial charge in [-0.3, -0.25) is 0 Å². The van der Waals surface area contributed by atoms with E-state index in [0.717, 1.165) is 25.0 Å². The lowest BCUT2D eigenvalue weighted by Crippen LogP contribution is -2.49. The van der Waals surface area contributed by atoms with Gasteiger partial charge < -0.3 is 10.5 Å². The Kier molecular flexibility index (Phi) is 4.98. The summed E-state index contributed by atoms with van der Waals surface area (Å²) < 4.78 is 67.3. The maximum absolute atomic E-state index is 12.3. The van der Waals surface area contributed by atoms with Crippen molar-refractivity contribution in [2.75, 3.05) is 0 Å². The summed E-state index contributed by atoms with van der Waals surface area (Å²) in [6.07, 6.45) is -1.75. The molecule has 0 amide bonds. The highest BCUT2D eigenvalue weighted by Gasteiger charge is 2.32. The molecule has 5 nitrogen and oxygen atoms in total. The molecule has 0 heterocycles. The molecule has 1 saturated carbocycles. The number of ether oxygens (including phenoxy) is 1. The minimum atomic E-state index is -4.87. The van der Waals surface area contributed by atoms with Crippen LogP contribution in [0.15, 0.2) is 29.2 Å². The maximum Gasteiger partial charge on any atom is 0.573 e. The molecule has 0 spiro atoms. The number of hydrogen-bond acceptors (Lipinski definition) is 4. The molecule has 1 aliphatic carbocycles. The van der Waals surface area contributed by atoms with E-state index in [0.29, 0.717) is 12.8 Å². The van der Waals surface area contributed by atoms with Crippen LogP contribution in [0.2, 0.25) is 0 Å². The van der Waals surface area contributed by atoms with Crippen LogP contribution in [0, 0.1) is 0 Å². The van der Waals surface area contributed by atoms with Crippen LogP contribution in [0.5, 0.6) is 5.75 Å². The molecule has 0 aromatic heterocycles. The van der Waals surface area contributed by atoms with E-state index in [2.05, 4.69) is 9.46 Å². The van der Waals surface area contributed by atoms with E-state index >= 15 is 0 Å². The molecular formula is C13H17F3N2O3S. The van der Waals surface area contributed by atoms with Gasteiger partial charge in [0.1, 0.15) is 5.75 Å². The van der Waals surface area contributed by atoms with Crippen LogP contribution in [0.3, 0.4) is 0 Å². The third kappa shape index (κ3) is 4.59. The lowest BCUT2D eigenvalue weighted by Gasteiger charge is -2.29. The number of hydrogen-bond donors (Lipinski definition) is 2. The summed E-state index contributed by atoms with van der Waals surface area (Å²) in [5.41, 5.74) is 5.88. The Hall–Kier alpha value is -1.32. The summed E-state index contributed by atoms with van der Waals surface area (Å²) in [5, 5.41) is 0. The Morgan fingerprint density at radius 1 is 1.23 bits per heavy atom. The van der Waals surface area contributed by atoms with Gasteiger partial charge in [-0.15, -0.1) is 13.2 Å². The highest BCUT2D eigenvalue weighted by molar-refractivity contribution is 7.89. The van der Waals surface area contributed by atoms with Crippen LogP contribution in [-0.4, -0.2) is 26.9 Å². The first-order chi connectivity index (χ1) is 10.2. The summed E-state index contributed by atoms with van der Waals surface area (Å²) in [6, 6.07) is 3.57. The molecule has 1 aromatic rings. The zero-order valence-electron chi connectivity index (χ0n) is 11.6. The van der Waals surface area contributed by atoms with E-state index in [1.165, 1.54) is 12.1 Å². The van der Waals surface area contributed by atoms with Gasteiger partial charge in [-0.05, 0) is 25.0 Å². The highest BCUT2D eigenvalue weighted by atomic mass is 32.2. The molecule has 22 heavy (non-hydrogen) atoms. The SMILES string of the molecule is N[C@@H]1CCCC[C@H]1NS(=O)(=O)c1cccc(OC(F)(F)F)c1. The van der Waals surface area contributed by atoms with Crippen molar-refractivity contribution in [2.24, 2.45) is 5.73 Å². The van der Waals surface area contributed by atoms with Crippen molar-refractivity contribution in [1.29, 1.82) is 0 Å². The third-order valence-electron chi connectivity index (χ3n) is 3.48. The van der Waals surface area contributed by atoms with Gasteiger partial charge >= 0.3 is 6.36 Å². The predicted molar refractivity (Wildman–Crippen MR) is 73.7 cm³/mol.